The smallest absolute Gasteiger partial charge is 0.0713 e. The fourth-order valence-electron chi connectivity index (χ4n) is 1.93. The molecule has 0 aliphatic carbocycles. The Morgan fingerprint density at radius 3 is 2.32 bits per heavy atom. The van der Waals surface area contributed by atoms with Crippen LogP contribution in [0.3, 0.4) is 0 Å². The van der Waals surface area contributed by atoms with Gasteiger partial charge in [0.2, 0.25) is 0 Å². The molecular formula is C16H20N2O. The lowest BCUT2D eigenvalue weighted by molar-refractivity contribution is 0.185. The Labute approximate surface area is 114 Å². The number of methoxy groups -OCH3 is 1. The summed E-state index contributed by atoms with van der Waals surface area (Å²) in [5, 5.41) is 3.45. The van der Waals surface area contributed by atoms with Gasteiger partial charge in [0.15, 0.2) is 0 Å². The van der Waals surface area contributed by atoms with Gasteiger partial charge in [-0.1, -0.05) is 24.3 Å². The van der Waals surface area contributed by atoms with Crippen molar-refractivity contribution in [2.75, 3.05) is 13.7 Å². The number of nitrogens with zero attached hydrogens (tertiary/aromatic N) is 1. The molecule has 2 aromatic rings. The number of hydrogen-bond donors (Lipinski definition) is 1. The SMILES string of the molecule is COCc1ccc(CNCCc2ccncc2)cc1. The summed E-state index contributed by atoms with van der Waals surface area (Å²) in [5.41, 5.74) is 3.83. The van der Waals surface area contributed by atoms with E-state index in [0.717, 1.165) is 19.5 Å². The Morgan fingerprint density at radius 2 is 1.63 bits per heavy atom. The summed E-state index contributed by atoms with van der Waals surface area (Å²) in [4.78, 5) is 4.01. The Morgan fingerprint density at radius 1 is 0.947 bits per heavy atom. The zero-order valence-electron chi connectivity index (χ0n) is 11.3. The molecule has 0 spiro atoms. The van der Waals surface area contributed by atoms with Gasteiger partial charge in [-0.3, -0.25) is 4.98 Å². The minimum absolute atomic E-state index is 0.676. The molecule has 3 nitrogen and oxygen atoms in total. The lowest BCUT2D eigenvalue weighted by Crippen LogP contribution is -2.16. The highest BCUT2D eigenvalue weighted by Gasteiger charge is 1.95. The van der Waals surface area contributed by atoms with Crippen LogP contribution in [0.2, 0.25) is 0 Å². The molecule has 1 N–H and O–H groups in total. The molecule has 0 atom stereocenters. The van der Waals surface area contributed by atoms with E-state index in [9.17, 15) is 0 Å². The van der Waals surface area contributed by atoms with Crippen molar-refractivity contribution >= 4 is 0 Å². The standard InChI is InChI=1S/C16H20N2O/c1-19-13-16-4-2-15(3-5-16)12-18-11-8-14-6-9-17-10-7-14/h2-7,9-10,18H,8,11-13H2,1H3. The van der Waals surface area contributed by atoms with Gasteiger partial charge in [-0.25, -0.2) is 0 Å². The van der Waals surface area contributed by atoms with E-state index in [0.29, 0.717) is 6.61 Å². The number of aromatic nitrogens is 1. The summed E-state index contributed by atoms with van der Waals surface area (Å²) >= 11 is 0. The van der Waals surface area contributed by atoms with E-state index in [2.05, 4.69) is 46.7 Å². The number of hydrogen-bond acceptors (Lipinski definition) is 3. The molecule has 0 saturated heterocycles. The predicted molar refractivity (Wildman–Crippen MR) is 76.8 cm³/mol. The van der Waals surface area contributed by atoms with Crippen LogP contribution in [0.25, 0.3) is 0 Å². The van der Waals surface area contributed by atoms with Crippen molar-refractivity contribution in [1.29, 1.82) is 0 Å². The molecule has 1 aromatic heterocycles. The summed E-state index contributed by atoms with van der Waals surface area (Å²) < 4.78 is 5.09. The quantitative estimate of drug-likeness (QED) is 0.773. The van der Waals surface area contributed by atoms with Gasteiger partial charge in [0.1, 0.15) is 0 Å². The van der Waals surface area contributed by atoms with E-state index >= 15 is 0 Å². The second-order valence-electron chi connectivity index (χ2n) is 4.53. The highest BCUT2D eigenvalue weighted by atomic mass is 16.5. The number of pyridine rings is 1. The summed E-state index contributed by atoms with van der Waals surface area (Å²) in [6.07, 6.45) is 4.71. The zero-order chi connectivity index (χ0) is 13.3. The molecule has 1 heterocycles. The van der Waals surface area contributed by atoms with Crippen LogP contribution in [-0.4, -0.2) is 18.6 Å². The Balaban J connectivity index is 1.70. The van der Waals surface area contributed by atoms with Gasteiger partial charge >= 0.3 is 0 Å². The third kappa shape index (κ3) is 4.81. The molecule has 0 radical (unpaired) electrons. The van der Waals surface area contributed by atoms with Crippen molar-refractivity contribution in [3.05, 3.63) is 65.5 Å². The zero-order valence-corrected chi connectivity index (χ0v) is 11.3. The number of ether oxygens (including phenoxy) is 1. The molecule has 0 bridgehead atoms. The van der Waals surface area contributed by atoms with Crippen LogP contribution in [0.5, 0.6) is 0 Å². The van der Waals surface area contributed by atoms with E-state index in [1.807, 2.05) is 12.4 Å². The van der Waals surface area contributed by atoms with Crippen LogP contribution < -0.4 is 5.32 Å². The molecule has 100 valence electrons. The van der Waals surface area contributed by atoms with Crippen molar-refractivity contribution in [2.24, 2.45) is 0 Å². The van der Waals surface area contributed by atoms with Crippen LogP contribution in [0.4, 0.5) is 0 Å². The average Bonchev–Trinajstić information content (AvgIpc) is 2.47. The minimum Gasteiger partial charge on any atom is -0.380 e. The van der Waals surface area contributed by atoms with Gasteiger partial charge in [0.25, 0.3) is 0 Å². The van der Waals surface area contributed by atoms with E-state index in [4.69, 9.17) is 4.74 Å². The van der Waals surface area contributed by atoms with Crippen LogP contribution in [0.1, 0.15) is 16.7 Å². The second-order valence-corrected chi connectivity index (χ2v) is 4.53. The third-order valence-electron chi connectivity index (χ3n) is 3.00. The monoisotopic (exact) mass is 256 g/mol. The number of nitrogens with one attached hydrogen (secondary N) is 1. The van der Waals surface area contributed by atoms with Gasteiger partial charge in [-0.05, 0) is 41.8 Å². The van der Waals surface area contributed by atoms with Crippen molar-refractivity contribution in [3.8, 4) is 0 Å². The molecule has 0 aliphatic heterocycles. The molecule has 1 aromatic carbocycles. The molecule has 0 fully saturated rings. The maximum atomic E-state index is 5.09. The van der Waals surface area contributed by atoms with Crippen molar-refractivity contribution in [1.82, 2.24) is 10.3 Å². The highest BCUT2D eigenvalue weighted by Crippen LogP contribution is 2.05. The van der Waals surface area contributed by atoms with Gasteiger partial charge in [0.05, 0.1) is 6.61 Å². The first-order chi connectivity index (χ1) is 9.38. The van der Waals surface area contributed by atoms with E-state index in [1.165, 1.54) is 16.7 Å². The average molecular weight is 256 g/mol. The first kappa shape index (κ1) is 13.7. The van der Waals surface area contributed by atoms with Crippen LogP contribution in [0.15, 0.2) is 48.8 Å². The maximum Gasteiger partial charge on any atom is 0.0713 e. The first-order valence-electron chi connectivity index (χ1n) is 6.55. The van der Waals surface area contributed by atoms with Crippen LogP contribution in [0, 0.1) is 0 Å². The number of rotatable bonds is 7. The highest BCUT2D eigenvalue weighted by molar-refractivity contribution is 5.22. The maximum absolute atomic E-state index is 5.09. The van der Waals surface area contributed by atoms with Crippen molar-refractivity contribution < 1.29 is 4.74 Å². The molecule has 2 rings (SSSR count). The molecule has 0 unspecified atom stereocenters. The topological polar surface area (TPSA) is 34.1 Å². The molecule has 3 heteroatoms. The third-order valence-corrected chi connectivity index (χ3v) is 3.00. The first-order valence-corrected chi connectivity index (χ1v) is 6.55. The van der Waals surface area contributed by atoms with Crippen molar-refractivity contribution in [2.45, 2.75) is 19.6 Å². The fraction of sp³-hybridized carbons (Fsp3) is 0.312. The largest absolute Gasteiger partial charge is 0.380 e. The van der Waals surface area contributed by atoms with Gasteiger partial charge in [-0.2, -0.15) is 0 Å². The summed E-state index contributed by atoms with van der Waals surface area (Å²) in [7, 11) is 1.72. The summed E-state index contributed by atoms with van der Waals surface area (Å²) in [6.45, 7) is 2.55. The summed E-state index contributed by atoms with van der Waals surface area (Å²) in [6, 6.07) is 12.6. The summed E-state index contributed by atoms with van der Waals surface area (Å²) in [5.74, 6) is 0. The molecule has 0 aliphatic rings. The number of benzene rings is 1. The Bertz CT molecular complexity index is 468. The molecular weight excluding hydrogens is 236 g/mol. The van der Waals surface area contributed by atoms with Gasteiger partial charge in [0, 0.05) is 26.0 Å². The lowest BCUT2D eigenvalue weighted by atomic mass is 10.1. The van der Waals surface area contributed by atoms with Gasteiger partial charge in [-0.15, -0.1) is 0 Å². The second kappa shape index (κ2) is 7.67. The van der Waals surface area contributed by atoms with Crippen molar-refractivity contribution in [3.63, 3.8) is 0 Å². The Hall–Kier alpha value is -1.71. The molecule has 0 saturated carbocycles. The van der Waals surface area contributed by atoms with Gasteiger partial charge < -0.3 is 10.1 Å². The van der Waals surface area contributed by atoms with Crippen LogP contribution in [-0.2, 0) is 24.3 Å². The van der Waals surface area contributed by atoms with E-state index in [1.54, 1.807) is 7.11 Å². The van der Waals surface area contributed by atoms with Crippen LogP contribution >= 0.6 is 0 Å². The Kier molecular flexibility index (Phi) is 5.53. The van der Waals surface area contributed by atoms with E-state index < -0.39 is 0 Å². The predicted octanol–water partition coefficient (Wildman–Crippen LogP) is 2.56. The molecule has 19 heavy (non-hydrogen) atoms. The molecule has 0 amide bonds. The lowest BCUT2D eigenvalue weighted by Gasteiger charge is -2.06. The fourth-order valence-corrected chi connectivity index (χ4v) is 1.93. The minimum atomic E-state index is 0.676. The normalized spacial score (nSPS) is 10.6. The van der Waals surface area contributed by atoms with E-state index in [-0.39, 0.29) is 0 Å².